The molecule has 0 radical (unpaired) electrons. The van der Waals surface area contributed by atoms with Gasteiger partial charge in [0.15, 0.2) is 42.0 Å². The molecule has 1 spiro atoms. The Morgan fingerprint density at radius 1 is 0.959 bits per heavy atom. The number of piperidine rings is 1. The quantitative estimate of drug-likeness (QED) is 0.105. The maximum Gasteiger partial charge on any atom is 0.348 e. The number of esters is 4. The molecule has 2 bridgehead atoms. The van der Waals surface area contributed by atoms with Gasteiger partial charge >= 0.3 is 35.8 Å². The van der Waals surface area contributed by atoms with E-state index in [1.54, 1.807) is 6.07 Å². The lowest BCUT2D eigenvalue weighted by atomic mass is 9.50. The number of aliphatic hydroxyl groups excluding tert-OH is 2. The molecule has 0 amide bonds. The molecule has 2 heterocycles. The van der Waals surface area contributed by atoms with E-state index < -0.39 is 89.9 Å². The first kappa shape index (κ1) is 35.5. The van der Waals surface area contributed by atoms with Crippen LogP contribution < -0.4 is 4.74 Å². The van der Waals surface area contributed by atoms with Crippen molar-refractivity contribution in [1.82, 2.24) is 4.90 Å². The van der Waals surface area contributed by atoms with Crippen molar-refractivity contribution >= 4 is 35.8 Å². The first-order chi connectivity index (χ1) is 22.9. The molecule has 6 N–H and O–H groups in total. The minimum atomic E-state index is -2.71. The Hall–Kier alpha value is -4.78. The van der Waals surface area contributed by atoms with Crippen molar-refractivity contribution < 1.29 is 83.1 Å². The number of phenolic OH excluding ortho intramolecular Hbond substituents is 1. The van der Waals surface area contributed by atoms with Gasteiger partial charge in [-0.25, -0.2) is 24.0 Å². The van der Waals surface area contributed by atoms with E-state index in [1.807, 2.05) is 11.9 Å². The zero-order valence-electron chi connectivity index (χ0n) is 26.4. The third-order valence-electron chi connectivity index (χ3n) is 9.52. The zero-order valence-corrected chi connectivity index (χ0v) is 26.4. The fraction of sp³-hybridized carbons (Fsp3) is 0.548. The molecule has 9 atom stereocenters. The van der Waals surface area contributed by atoms with Crippen molar-refractivity contribution in [2.24, 2.45) is 0 Å². The molecule has 2 aliphatic carbocycles. The molecule has 1 saturated heterocycles. The second kappa shape index (κ2) is 12.9. The van der Waals surface area contributed by atoms with Crippen LogP contribution in [0.15, 0.2) is 24.0 Å². The topological polar surface area (TPSA) is 273 Å². The smallest absolute Gasteiger partial charge is 0.348 e. The molecule has 5 rings (SSSR count). The maximum atomic E-state index is 13.4. The lowest BCUT2D eigenvalue weighted by molar-refractivity contribution is -0.188. The van der Waals surface area contributed by atoms with Crippen LogP contribution >= 0.6 is 0 Å². The second-order valence-corrected chi connectivity index (χ2v) is 12.4. The van der Waals surface area contributed by atoms with Gasteiger partial charge in [0, 0.05) is 18.0 Å². The number of phenols is 1. The molecule has 0 aromatic heterocycles. The monoisotopic (exact) mass is 693 g/mol. The van der Waals surface area contributed by atoms with E-state index in [2.05, 4.69) is 4.74 Å². The highest BCUT2D eigenvalue weighted by Gasteiger charge is 2.72. The molecular weight excluding hydrogens is 658 g/mol. The molecule has 0 unspecified atom stereocenters. The highest BCUT2D eigenvalue weighted by Crippen LogP contribution is 2.65. The third-order valence-corrected chi connectivity index (χ3v) is 9.52. The zero-order chi connectivity index (χ0) is 36.2. The number of ether oxygens (including phenoxy) is 5. The van der Waals surface area contributed by atoms with Gasteiger partial charge in [0.2, 0.25) is 6.10 Å². The number of aliphatic carboxylic acids is 2. The molecule has 2 aliphatic heterocycles. The number of rotatable bonds is 12. The lowest BCUT2D eigenvalue weighted by Gasteiger charge is -2.61. The number of aromatic hydroxyl groups is 1. The van der Waals surface area contributed by atoms with Crippen molar-refractivity contribution in [2.45, 2.75) is 93.2 Å². The number of nitrogens with zero attached hydrogens (tertiary/aromatic N) is 1. The number of likely N-dealkylation sites (N-methyl/N-ethyl adjacent to an activating group) is 1. The van der Waals surface area contributed by atoms with Gasteiger partial charge < -0.3 is 59.2 Å². The van der Waals surface area contributed by atoms with Gasteiger partial charge in [-0.1, -0.05) is 6.07 Å². The van der Waals surface area contributed by atoms with E-state index in [9.17, 15) is 49.2 Å². The van der Waals surface area contributed by atoms with Gasteiger partial charge in [-0.15, -0.1) is 0 Å². The van der Waals surface area contributed by atoms with Crippen LogP contribution in [0.1, 0.15) is 44.2 Å². The van der Waals surface area contributed by atoms with Gasteiger partial charge in [0.1, 0.15) is 5.76 Å². The minimum Gasteiger partial charge on any atom is -0.504 e. The van der Waals surface area contributed by atoms with Crippen molar-refractivity contribution in [3.63, 3.8) is 0 Å². The van der Waals surface area contributed by atoms with Crippen LogP contribution in [0.25, 0.3) is 0 Å². The average Bonchev–Trinajstić information content (AvgIpc) is 3.40. The van der Waals surface area contributed by atoms with Crippen LogP contribution in [0.2, 0.25) is 0 Å². The summed E-state index contributed by atoms with van der Waals surface area (Å²) in [6, 6.07) is 2.87. The Kier molecular flexibility index (Phi) is 9.37. The Labute approximate surface area is 277 Å². The molecule has 49 heavy (non-hydrogen) atoms. The van der Waals surface area contributed by atoms with E-state index in [1.165, 1.54) is 12.1 Å². The van der Waals surface area contributed by atoms with Crippen LogP contribution in [-0.4, -0.2) is 133 Å². The van der Waals surface area contributed by atoms with Crippen LogP contribution in [0, 0.1) is 0 Å². The van der Waals surface area contributed by atoms with Gasteiger partial charge in [-0.2, -0.15) is 0 Å². The number of benzene rings is 1. The van der Waals surface area contributed by atoms with Crippen LogP contribution in [0.3, 0.4) is 0 Å². The SMILES string of the molecule is C[C@H](OC(=O)[C@H](C)OC(=O)[C@H](CC(=O)OC1=CC[C@@]2(O)[C@H]3Cc4ccc(O)c5c4[C@@]2(CCN3C)[C@H]1O5)OC(=O)[C@H](O)[C@@H](O)C(=O)O)C(=O)O. The van der Waals surface area contributed by atoms with Crippen molar-refractivity contribution in [3.05, 3.63) is 35.1 Å². The summed E-state index contributed by atoms with van der Waals surface area (Å²) in [5.41, 5.74) is -1.09. The van der Waals surface area contributed by atoms with Crippen LogP contribution in [0.5, 0.6) is 11.5 Å². The fourth-order valence-electron chi connectivity index (χ4n) is 7.03. The minimum absolute atomic E-state index is 0.00708. The Morgan fingerprint density at radius 2 is 1.63 bits per heavy atom. The van der Waals surface area contributed by atoms with Crippen molar-refractivity contribution in [1.29, 1.82) is 0 Å². The highest BCUT2D eigenvalue weighted by molar-refractivity contribution is 5.89. The summed E-state index contributed by atoms with van der Waals surface area (Å²) in [5, 5.41) is 60.3. The van der Waals surface area contributed by atoms with Gasteiger partial charge in [-0.05, 0) is 58.0 Å². The molecule has 4 aliphatic rings. The standard InChI is InChI=1S/C31H35NO17/c1-12(25(37)38)45-27(41)13(2)46-28(42)17(48-29(43)22(36)21(35)26(39)40)11-19(34)47-16-6-7-31(44)18-10-14-4-5-15(33)23-20(14)30(31,24(16)49-23)8-9-32(18)3/h4-6,12-13,17-18,21-22,24,33,35-36,44H,7-11H2,1-3H3,(H,37,38)(H,39,40)/t12-,13-,17-,18+,21+,22+,24-,30-,31+/m0/s1. The van der Waals surface area contributed by atoms with Crippen molar-refractivity contribution in [3.8, 4) is 11.5 Å². The molecule has 0 saturated carbocycles. The maximum absolute atomic E-state index is 13.4. The van der Waals surface area contributed by atoms with E-state index >= 15 is 0 Å². The molecular formula is C31H35NO17. The van der Waals surface area contributed by atoms with Gasteiger partial charge in [0.25, 0.3) is 0 Å². The molecule has 18 nitrogen and oxygen atoms in total. The molecule has 266 valence electrons. The Morgan fingerprint density at radius 3 is 2.29 bits per heavy atom. The van der Waals surface area contributed by atoms with Gasteiger partial charge in [0.05, 0.1) is 17.4 Å². The second-order valence-electron chi connectivity index (χ2n) is 12.4. The largest absolute Gasteiger partial charge is 0.504 e. The first-order valence-electron chi connectivity index (χ1n) is 15.2. The molecule has 1 aromatic carbocycles. The summed E-state index contributed by atoms with van der Waals surface area (Å²) in [7, 11) is 1.88. The normalized spacial score (nSPS) is 27.8. The number of aliphatic hydroxyl groups is 3. The highest BCUT2D eigenvalue weighted by atomic mass is 16.6. The Bertz CT molecular complexity index is 1620. The fourth-order valence-corrected chi connectivity index (χ4v) is 7.03. The van der Waals surface area contributed by atoms with E-state index in [0.29, 0.717) is 24.9 Å². The number of carboxylic acid groups (broad SMARTS) is 2. The number of carboxylic acids is 2. The van der Waals surface area contributed by atoms with Gasteiger partial charge in [-0.3, -0.25) is 4.79 Å². The number of carbonyl (C=O) groups is 6. The number of likely N-dealkylation sites (tertiary alicyclic amines) is 1. The van der Waals surface area contributed by atoms with Crippen LogP contribution in [-0.2, 0) is 59.6 Å². The van der Waals surface area contributed by atoms with Crippen molar-refractivity contribution in [2.75, 3.05) is 13.6 Å². The van der Waals surface area contributed by atoms with E-state index in [-0.39, 0.29) is 29.7 Å². The Balaban J connectivity index is 1.38. The lowest BCUT2D eigenvalue weighted by Crippen LogP contribution is -2.74. The third kappa shape index (κ3) is 5.94. The summed E-state index contributed by atoms with van der Waals surface area (Å²) in [6.45, 7) is 2.54. The average molecular weight is 694 g/mol. The summed E-state index contributed by atoms with van der Waals surface area (Å²) in [4.78, 5) is 75.2. The summed E-state index contributed by atoms with van der Waals surface area (Å²) in [5.74, 6) is -9.64. The first-order valence-corrected chi connectivity index (χ1v) is 15.2. The molecule has 1 fully saturated rings. The molecule has 18 heteroatoms. The molecule has 1 aromatic rings. The number of hydrogen-bond donors (Lipinski definition) is 6. The van der Waals surface area contributed by atoms with E-state index in [4.69, 9.17) is 29.2 Å². The summed E-state index contributed by atoms with van der Waals surface area (Å²) >= 11 is 0. The van der Waals surface area contributed by atoms with E-state index in [0.717, 1.165) is 19.4 Å². The predicted octanol–water partition coefficient (Wildman–Crippen LogP) is -1.73. The summed E-state index contributed by atoms with van der Waals surface area (Å²) < 4.78 is 26.2. The summed E-state index contributed by atoms with van der Waals surface area (Å²) in [6.07, 6.45) is -11.1. The van der Waals surface area contributed by atoms with Crippen LogP contribution in [0.4, 0.5) is 0 Å². The number of hydrogen-bond acceptors (Lipinski definition) is 16. The number of carbonyl (C=O) groups excluding carboxylic acids is 4. The predicted molar refractivity (Wildman–Crippen MR) is 156 cm³/mol.